The van der Waals surface area contributed by atoms with Gasteiger partial charge in [0.1, 0.15) is 0 Å². The molecule has 2 aromatic carbocycles. The Morgan fingerprint density at radius 2 is 1.69 bits per heavy atom. The van der Waals surface area contributed by atoms with Crippen molar-refractivity contribution in [3.05, 3.63) is 65.7 Å². The Bertz CT molecular complexity index is 736. The molecule has 1 N–H and O–H groups in total. The third-order valence-corrected chi connectivity index (χ3v) is 4.56. The molecule has 0 radical (unpaired) electrons. The normalized spacial score (nSPS) is 13.3. The summed E-state index contributed by atoms with van der Waals surface area (Å²) < 4.78 is 0. The Balaban J connectivity index is 1.71. The zero-order valence-electron chi connectivity index (χ0n) is 15.3. The van der Waals surface area contributed by atoms with Gasteiger partial charge in [-0.1, -0.05) is 49.4 Å². The summed E-state index contributed by atoms with van der Waals surface area (Å²) in [6, 6.07) is 17.8. The molecule has 3 rings (SSSR count). The van der Waals surface area contributed by atoms with E-state index in [4.69, 9.17) is 0 Å². The topological polar surface area (TPSA) is 49.4 Å². The highest BCUT2D eigenvalue weighted by atomic mass is 16.2. The molecule has 1 aliphatic carbocycles. The number of hydrogen-bond acceptors (Lipinski definition) is 2. The van der Waals surface area contributed by atoms with Gasteiger partial charge in [0.2, 0.25) is 11.8 Å². The van der Waals surface area contributed by atoms with E-state index in [1.54, 1.807) is 0 Å². The third kappa shape index (κ3) is 4.94. The molecule has 0 spiro atoms. The SMILES string of the molecule is CCCNC(=O)Cc1ccc(N(Cc2ccccc2)C(=O)C2CC2)cc1. The van der Waals surface area contributed by atoms with Gasteiger partial charge in [0, 0.05) is 18.2 Å². The number of amides is 2. The van der Waals surface area contributed by atoms with Gasteiger partial charge in [-0.2, -0.15) is 0 Å². The summed E-state index contributed by atoms with van der Waals surface area (Å²) in [5, 5.41) is 2.89. The average molecular weight is 350 g/mol. The van der Waals surface area contributed by atoms with Crippen LogP contribution in [-0.2, 0) is 22.6 Å². The van der Waals surface area contributed by atoms with Crippen molar-refractivity contribution in [3.63, 3.8) is 0 Å². The number of hydrogen-bond donors (Lipinski definition) is 1. The van der Waals surface area contributed by atoms with Crippen molar-refractivity contribution in [3.8, 4) is 0 Å². The van der Waals surface area contributed by atoms with Crippen LogP contribution in [0.1, 0.15) is 37.3 Å². The molecule has 0 heterocycles. The molecule has 1 fully saturated rings. The highest BCUT2D eigenvalue weighted by Gasteiger charge is 2.34. The van der Waals surface area contributed by atoms with Gasteiger partial charge >= 0.3 is 0 Å². The average Bonchev–Trinajstić information content (AvgIpc) is 3.51. The van der Waals surface area contributed by atoms with Crippen molar-refractivity contribution >= 4 is 17.5 Å². The van der Waals surface area contributed by atoms with Gasteiger partial charge in [-0.3, -0.25) is 9.59 Å². The first-order chi connectivity index (χ1) is 12.7. The number of nitrogens with zero attached hydrogens (tertiary/aromatic N) is 1. The third-order valence-electron chi connectivity index (χ3n) is 4.56. The molecular weight excluding hydrogens is 324 g/mol. The fourth-order valence-corrected chi connectivity index (χ4v) is 2.92. The van der Waals surface area contributed by atoms with Gasteiger partial charge in [-0.05, 0) is 42.5 Å². The van der Waals surface area contributed by atoms with Crippen LogP contribution in [0.5, 0.6) is 0 Å². The van der Waals surface area contributed by atoms with E-state index in [1.807, 2.05) is 66.4 Å². The molecule has 2 amide bonds. The quantitative estimate of drug-likeness (QED) is 0.789. The van der Waals surface area contributed by atoms with E-state index in [-0.39, 0.29) is 17.7 Å². The molecular formula is C22H26N2O2. The zero-order chi connectivity index (χ0) is 18.4. The minimum Gasteiger partial charge on any atom is -0.356 e. The molecule has 0 atom stereocenters. The summed E-state index contributed by atoms with van der Waals surface area (Å²) in [4.78, 5) is 26.5. The summed E-state index contributed by atoms with van der Waals surface area (Å²) in [6.07, 6.45) is 3.28. The molecule has 26 heavy (non-hydrogen) atoms. The molecule has 1 saturated carbocycles. The van der Waals surface area contributed by atoms with Gasteiger partial charge in [0.25, 0.3) is 0 Å². The van der Waals surface area contributed by atoms with Gasteiger partial charge in [-0.15, -0.1) is 0 Å². The second-order valence-electron chi connectivity index (χ2n) is 6.88. The van der Waals surface area contributed by atoms with Crippen molar-refractivity contribution in [2.24, 2.45) is 5.92 Å². The van der Waals surface area contributed by atoms with Gasteiger partial charge < -0.3 is 10.2 Å². The zero-order valence-corrected chi connectivity index (χ0v) is 15.3. The monoisotopic (exact) mass is 350 g/mol. The summed E-state index contributed by atoms with van der Waals surface area (Å²) in [5.41, 5.74) is 2.97. The lowest BCUT2D eigenvalue weighted by Crippen LogP contribution is -2.31. The molecule has 2 aromatic rings. The van der Waals surface area contributed by atoms with Crippen LogP contribution in [0.3, 0.4) is 0 Å². The molecule has 0 unspecified atom stereocenters. The maximum Gasteiger partial charge on any atom is 0.230 e. The van der Waals surface area contributed by atoms with Crippen LogP contribution in [0.25, 0.3) is 0 Å². The minimum atomic E-state index is 0.0369. The summed E-state index contributed by atoms with van der Waals surface area (Å²) >= 11 is 0. The van der Waals surface area contributed by atoms with Crippen molar-refractivity contribution in [1.82, 2.24) is 5.32 Å². The predicted octanol–water partition coefficient (Wildman–Crippen LogP) is 3.70. The lowest BCUT2D eigenvalue weighted by Gasteiger charge is -2.23. The summed E-state index contributed by atoms with van der Waals surface area (Å²) in [7, 11) is 0. The lowest BCUT2D eigenvalue weighted by molar-refractivity contribution is -0.121. The molecule has 4 nitrogen and oxygen atoms in total. The van der Waals surface area contributed by atoms with Crippen LogP contribution in [0.2, 0.25) is 0 Å². The van der Waals surface area contributed by atoms with E-state index >= 15 is 0 Å². The van der Waals surface area contributed by atoms with Crippen LogP contribution in [0.4, 0.5) is 5.69 Å². The number of anilines is 1. The van der Waals surface area contributed by atoms with Crippen LogP contribution in [0.15, 0.2) is 54.6 Å². The predicted molar refractivity (Wildman–Crippen MR) is 104 cm³/mol. The van der Waals surface area contributed by atoms with Crippen LogP contribution < -0.4 is 10.2 Å². The highest BCUT2D eigenvalue weighted by molar-refractivity contribution is 5.96. The Morgan fingerprint density at radius 1 is 1.00 bits per heavy atom. The number of carbonyl (C=O) groups excluding carboxylic acids is 2. The number of benzene rings is 2. The van der Waals surface area contributed by atoms with Crippen molar-refractivity contribution in [1.29, 1.82) is 0 Å². The first kappa shape index (κ1) is 18.2. The molecule has 0 aromatic heterocycles. The summed E-state index contributed by atoms with van der Waals surface area (Å²) in [5.74, 6) is 0.398. The Labute approximate surface area is 155 Å². The second-order valence-corrected chi connectivity index (χ2v) is 6.88. The van der Waals surface area contributed by atoms with E-state index in [9.17, 15) is 9.59 Å². The second kappa shape index (κ2) is 8.65. The smallest absolute Gasteiger partial charge is 0.230 e. The molecule has 4 heteroatoms. The summed E-state index contributed by atoms with van der Waals surface area (Å²) in [6.45, 7) is 3.32. The Morgan fingerprint density at radius 3 is 2.31 bits per heavy atom. The van der Waals surface area contributed by atoms with Crippen molar-refractivity contribution in [2.45, 2.75) is 39.2 Å². The first-order valence-corrected chi connectivity index (χ1v) is 9.38. The maximum absolute atomic E-state index is 12.8. The van der Waals surface area contributed by atoms with E-state index < -0.39 is 0 Å². The van der Waals surface area contributed by atoms with E-state index in [2.05, 4.69) is 5.32 Å². The lowest BCUT2D eigenvalue weighted by atomic mass is 10.1. The van der Waals surface area contributed by atoms with E-state index in [0.29, 0.717) is 19.5 Å². The van der Waals surface area contributed by atoms with Crippen LogP contribution in [0, 0.1) is 5.92 Å². The van der Waals surface area contributed by atoms with E-state index in [0.717, 1.165) is 36.1 Å². The van der Waals surface area contributed by atoms with Crippen LogP contribution in [-0.4, -0.2) is 18.4 Å². The largest absolute Gasteiger partial charge is 0.356 e. The number of rotatable bonds is 8. The molecule has 0 saturated heterocycles. The Hall–Kier alpha value is -2.62. The first-order valence-electron chi connectivity index (χ1n) is 9.38. The number of carbonyl (C=O) groups is 2. The number of nitrogens with one attached hydrogen (secondary N) is 1. The fraction of sp³-hybridized carbons (Fsp3) is 0.364. The molecule has 0 bridgehead atoms. The van der Waals surface area contributed by atoms with Crippen molar-refractivity contribution < 1.29 is 9.59 Å². The molecule has 1 aliphatic rings. The maximum atomic E-state index is 12.8. The van der Waals surface area contributed by atoms with Gasteiger partial charge in [0.05, 0.1) is 13.0 Å². The Kier molecular flexibility index (Phi) is 6.05. The van der Waals surface area contributed by atoms with E-state index in [1.165, 1.54) is 0 Å². The van der Waals surface area contributed by atoms with Gasteiger partial charge in [-0.25, -0.2) is 0 Å². The standard InChI is InChI=1S/C22H26N2O2/c1-2-14-23-21(25)15-17-8-12-20(13-9-17)24(22(26)19-10-11-19)16-18-6-4-3-5-7-18/h3-9,12-13,19H,2,10-11,14-16H2,1H3,(H,23,25). The van der Waals surface area contributed by atoms with Gasteiger partial charge in [0.15, 0.2) is 0 Å². The van der Waals surface area contributed by atoms with Crippen LogP contribution >= 0.6 is 0 Å². The van der Waals surface area contributed by atoms with Crippen molar-refractivity contribution in [2.75, 3.05) is 11.4 Å². The highest BCUT2D eigenvalue weighted by Crippen LogP contribution is 2.33. The minimum absolute atomic E-state index is 0.0369. The molecule has 0 aliphatic heterocycles. The fourth-order valence-electron chi connectivity index (χ4n) is 2.92. The molecule has 136 valence electrons.